The van der Waals surface area contributed by atoms with Gasteiger partial charge in [-0.25, -0.2) is 4.79 Å². The molecule has 0 unspecified atom stereocenters. The molecule has 0 aromatic heterocycles. The fourth-order valence-electron chi connectivity index (χ4n) is 0.937. The van der Waals surface area contributed by atoms with Crippen molar-refractivity contribution in [2.75, 3.05) is 7.11 Å². The van der Waals surface area contributed by atoms with E-state index in [1.807, 2.05) is 0 Å². The van der Waals surface area contributed by atoms with Gasteiger partial charge in [-0.3, -0.25) is 0 Å². The molecule has 0 aromatic carbocycles. The number of methoxy groups -OCH3 is 1. The van der Waals surface area contributed by atoms with Crippen molar-refractivity contribution in [1.82, 2.24) is 0 Å². The first kappa shape index (κ1) is 11.0. The van der Waals surface area contributed by atoms with Crippen LogP contribution in [-0.2, 0) is 9.53 Å². The Bertz CT molecular complexity index is 181. The van der Waals surface area contributed by atoms with Crippen LogP contribution in [0.15, 0.2) is 11.3 Å². The number of carbonyl (C=O) groups excluding carboxylic acids is 1. The van der Waals surface area contributed by atoms with Crippen molar-refractivity contribution in [3.63, 3.8) is 0 Å². The normalized spacial score (nSPS) is 12.2. The second kappa shape index (κ2) is 5.63. The molecule has 3 heteroatoms. The van der Waals surface area contributed by atoms with Gasteiger partial charge < -0.3 is 10.5 Å². The summed E-state index contributed by atoms with van der Waals surface area (Å²) in [4.78, 5) is 11.1. The molecule has 0 aliphatic rings. The summed E-state index contributed by atoms with van der Waals surface area (Å²) in [6.45, 7) is 3.79. The quantitative estimate of drug-likeness (QED) is 0.516. The number of hydrogen-bond donors (Lipinski definition) is 1. The highest BCUT2D eigenvalue weighted by Gasteiger charge is 2.10. The van der Waals surface area contributed by atoms with Gasteiger partial charge in [0.15, 0.2) is 0 Å². The van der Waals surface area contributed by atoms with Crippen LogP contribution in [0.1, 0.15) is 33.1 Å². The summed E-state index contributed by atoms with van der Waals surface area (Å²) >= 11 is 0. The van der Waals surface area contributed by atoms with E-state index in [1.54, 1.807) is 6.92 Å². The van der Waals surface area contributed by atoms with E-state index in [0.717, 1.165) is 12.8 Å². The van der Waals surface area contributed by atoms with E-state index in [1.165, 1.54) is 7.11 Å². The Morgan fingerprint density at radius 1 is 1.50 bits per heavy atom. The van der Waals surface area contributed by atoms with Crippen molar-refractivity contribution in [2.24, 2.45) is 5.73 Å². The molecule has 0 radical (unpaired) electrons. The lowest BCUT2D eigenvalue weighted by Crippen LogP contribution is -2.10. The molecular formula is C9H17NO2. The fraction of sp³-hybridized carbons (Fsp3) is 0.667. The van der Waals surface area contributed by atoms with Gasteiger partial charge in [0, 0.05) is 5.70 Å². The smallest absolute Gasteiger partial charge is 0.335 e. The molecule has 0 saturated carbocycles. The average Bonchev–Trinajstić information content (AvgIpc) is 2.04. The minimum Gasteiger partial charge on any atom is -0.466 e. The van der Waals surface area contributed by atoms with Gasteiger partial charge in [-0.05, 0) is 19.8 Å². The Kier molecular flexibility index (Phi) is 5.17. The molecule has 12 heavy (non-hydrogen) atoms. The van der Waals surface area contributed by atoms with E-state index in [-0.39, 0.29) is 5.97 Å². The van der Waals surface area contributed by atoms with Crippen LogP contribution in [0, 0.1) is 0 Å². The van der Waals surface area contributed by atoms with Crippen molar-refractivity contribution in [1.29, 1.82) is 0 Å². The van der Waals surface area contributed by atoms with Crippen LogP contribution >= 0.6 is 0 Å². The highest BCUT2D eigenvalue weighted by molar-refractivity contribution is 5.88. The summed E-state index contributed by atoms with van der Waals surface area (Å²) in [5.74, 6) is -0.302. The molecule has 0 fully saturated rings. The van der Waals surface area contributed by atoms with Crippen molar-refractivity contribution in [3.8, 4) is 0 Å². The lowest BCUT2D eigenvalue weighted by molar-refractivity contribution is -0.136. The Morgan fingerprint density at radius 3 is 2.42 bits per heavy atom. The average molecular weight is 171 g/mol. The number of hydrogen-bond acceptors (Lipinski definition) is 3. The molecule has 2 N–H and O–H groups in total. The molecule has 0 atom stereocenters. The summed E-state index contributed by atoms with van der Waals surface area (Å²) < 4.78 is 4.59. The van der Waals surface area contributed by atoms with E-state index in [0.29, 0.717) is 17.7 Å². The zero-order valence-electron chi connectivity index (χ0n) is 8.02. The molecule has 0 aromatic rings. The molecule has 0 aliphatic heterocycles. The summed E-state index contributed by atoms with van der Waals surface area (Å²) in [6, 6.07) is 0. The summed E-state index contributed by atoms with van der Waals surface area (Å²) in [5.41, 5.74) is 6.71. The lowest BCUT2D eigenvalue weighted by atomic mass is 10.1. The number of ether oxygens (including phenoxy) is 1. The number of nitrogens with two attached hydrogens (primary N) is 1. The first-order valence-electron chi connectivity index (χ1n) is 4.17. The van der Waals surface area contributed by atoms with Crippen LogP contribution < -0.4 is 5.73 Å². The third kappa shape index (κ3) is 3.42. The monoisotopic (exact) mass is 171 g/mol. The third-order valence-corrected chi connectivity index (χ3v) is 1.69. The molecule has 0 saturated heterocycles. The van der Waals surface area contributed by atoms with Gasteiger partial charge in [0.1, 0.15) is 0 Å². The maximum Gasteiger partial charge on any atom is 0.335 e. The van der Waals surface area contributed by atoms with Crippen LogP contribution in [0.4, 0.5) is 0 Å². The fourth-order valence-corrected chi connectivity index (χ4v) is 0.937. The topological polar surface area (TPSA) is 52.3 Å². The van der Waals surface area contributed by atoms with Gasteiger partial charge in [-0.1, -0.05) is 13.3 Å². The summed E-state index contributed by atoms with van der Waals surface area (Å²) in [7, 11) is 1.37. The van der Waals surface area contributed by atoms with E-state index in [4.69, 9.17) is 5.73 Å². The van der Waals surface area contributed by atoms with Gasteiger partial charge >= 0.3 is 5.97 Å². The summed E-state index contributed by atoms with van der Waals surface area (Å²) in [5, 5.41) is 0. The highest BCUT2D eigenvalue weighted by atomic mass is 16.5. The molecule has 0 heterocycles. The molecule has 0 rings (SSSR count). The predicted molar refractivity (Wildman–Crippen MR) is 48.4 cm³/mol. The van der Waals surface area contributed by atoms with E-state index in [2.05, 4.69) is 11.7 Å². The van der Waals surface area contributed by atoms with Crippen molar-refractivity contribution < 1.29 is 9.53 Å². The first-order valence-corrected chi connectivity index (χ1v) is 4.17. The molecule has 70 valence electrons. The van der Waals surface area contributed by atoms with E-state index < -0.39 is 0 Å². The SMILES string of the molecule is CCCCC(C(=O)OC)=C(C)N. The Labute approximate surface area is 73.6 Å². The number of rotatable bonds is 4. The second-order valence-corrected chi connectivity index (χ2v) is 2.76. The first-order chi connectivity index (χ1) is 5.63. The molecule has 0 aliphatic carbocycles. The molecule has 0 amide bonds. The minimum absolute atomic E-state index is 0.302. The number of allylic oxidation sites excluding steroid dienone is 1. The van der Waals surface area contributed by atoms with Crippen LogP contribution in [0.5, 0.6) is 0 Å². The largest absolute Gasteiger partial charge is 0.466 e. The molecular weight excluding hydrogens is 154 g/mol. The van der Waals surface area contributed by atoms with Crippen LogP contribution in [0.2, 0.25) is 0 Å². The van der Waals surface area contributed by atoms with E-state index in [9.17, 15) is 4.79 Å². The zero-order valence-corrected chi connectivity index (χ0v) is 8.02. The van der Waals surface area contributed by atoms with Crippen LogP contribution in [0.25, 0.3) is 0 Å². The Morgan fingerprint density at radius 2 is 2.08 bits per heavy atom. The number of esters is 1. The van der Waals surface area contributed by atoms with Crippen LogP contribution in [-0.4, -0.2) is 13.1 Å². The van der Waals surface area contributed by atoms with Gasteiger partial charge in [0.25, 0.3) is 0 Å². The number of unbranched alkanes of at least 4 members (excludes halogenated alkanes) is 1. The van der Waals surface area contributed by atoms with Crippen molar-refractivity contribution in [3.05, 3.63) is 11.3 Å². The Balaban J connectivity index is 4.26. The highest BCUT2D eigenvalue weighted by Crippen LogP contribution is 2.10. The lowest BCUT2D eigenvalue weighted by Gasteiger charge is -2.05. The van der Waals surface area contributed by atoms with Gasteiger partial charge in [0.05, 0.1) is 12.7 Å². The van der Waals surface area contributed by atoms with Crippen molar-refractivity contribution >= 4 is 5.97 Å². The van der Waals surface area contributed by atoms with E-state index >= 15 is 0 Å². The molecule has 3 nitrogen and oxygen atoms in total. The third-order valence-electron chi connectivity index (χ3n) is 1.69. The summed E-state index contributed by atoms with van der Waals surface area (Å²) in [6.07, 6.45) is 2.73. The van der Waals surface area contributed by atoms with Crippen molar-refractivity contribution in [2.45, 2.75) is 33.1 Å². The second-order valence-electron chi connectivity index (χ2n) is 2.76. The maximum atomic E-state index is 11.1. The Hall–Kier alpha value is -0.990. The van der Waals surface area contributed by atoms with Gasteiger partial charge in [-0.2, -0.15) is 0 Å². The number of carbonyl (C=O) groups is 1. The molecule has 0 bridgehead atoms. The predicted octanol–water partition coefficient (Wildman–Crippen LogP) is 1.58. The maximum absolute atomic E-state index is 11.1. The van der Waals surface area contributed by atoms with Gasteiger partial charge in [-0.15, -0.1) is 0 Å². The molecule has 0 spiro atoms. The van der Waals surface area contributed by atoms with Crippen LogP contribution in [0.3, 0.4) is 0 Å². The zero-order chi connectivity index (χ0) is 9.56. The standard InChI is InChI=1S/C9H17NO2/c1-4-5-6-8(7(2)10)9(11)12-3/h4-6,10H2,1-3H3. The minimum atomic E-state index is -0.302. The van der Waals surface area contributed by atoms with Gasteiger partial charge in [0.2, 0.25) is 0 Å².